The molecule has 170 valence electrons. The van der Waals surface area contributed by atoms with Gasteiger partial charge in [-0.05, 0) is 48.1 Å². The molecule has 2 amide bonds. The molecular weight excluding hydrogens is 443 g/mol. The van der Waals surface area contributed by atoms with Crippen LogP contribution in [0, 0.1) is 0 Å². The number of nitrogens with one attached hydrogen (secondary N) is 2. The molecule has 1 aliphatic rings. The zero-order valence-corrected chi connectivity index (χ0v) is 18.9. The van der Waals surface area contributed by atoms with E-state index >= 15 is 0 Å². The Bertz CT molecular complexity index is 860. The van der Waals surface area contributed by atoms with Crippen LogP contribution >= 0.6 is 11.6 Å². The first kappa shape index (κ1) is 24.7. The Labute approximate surface area is 180 Å². The monoisotopic (exact) mass is 469 g/mol. The maximum atomic E-state index is 12.5. The number of hydrogen-bond acceptors (Lipinski definition) is 4. The highest BCUT2D eigenvalue weighted by Crippen LogP contribution is 2.35. The number of likely N-dealkylation sites (tertiary alicyclic amines) is 1. The van der Waals surface area contributed by atoms with Crippen LogP contribution in [0.15, 0.2) is 12.1 Å². The van der Waals surface area contributed by atoms with Crippen molar-refractivity contribution in [2.45, 2.75) is 57.4 Å². The van der Waals surface area contributed by atoms with Crippen molar-refractivity contribution in [1.82, 2.24) is 9.62 Å². The van der Waals surface area contributed by atoms with Crippen LogP contribution in [-0.4, -0.2) is 50.4 Å². The highest BCUT2D eigenvalue weighted by atomic mass is 35.5. The number of carbonyl (C=O) groups is 1. The van der Waals surface area contributed by atoms with Crippen molar-refractivity contribution in [3.63, 3.8) is 0 Å². The Morgan fingerprint density at radius 3 is 2.20 bits per heavy atom. The molecule has 0 saturated carbocycles. The number of sulfonamides is 1. The van der Waals surface area contributed by atoms with E-state index in [-0.39, 0.29) is 31.3 Å². The van der Waals surface area contributed by atoms with Crippen molar-refractivity contribution in [2.24, 2.45) is 0 Å². The lowest BCUT2D eigenvalue weighted by molar-refractivity contribution is -0.143. The number of urea groups is 1. The Kier molecular flexibility index (Phi) is 7.68. The first-order valence-electron chi connectivity index (χ1n) is 9.64. The number of alkyl halides is 3. The number of hydrogen-bond donors (Lipinski definition) is 2. The number of benzene rings is 1. The Morgan fingerprint density at radius 2 is 1.73 bits per heavy atom. The average molecular weight is 470 g/mol. The molecule has 0 spiro atoms. The topological polar surface area (TPSA) is 78.5 Å². The summed E-state index contributed by atoms with van der Waals surface area (Å²) in [6.07, 6.45) is -4.38. The minimum absolute atomic E-state index is 0.00111. The minimum atomic E-state index is -4.40. The summed E-state index contributed by atoms with van der Waals surface area (Å²) in [5.74, 6) is 0.0257. The van der Waals surface area contributed by atoms with Crippen molar-refractivity contribution < 1.29 is 26.4 Å². The van der Waals surface area contributed by atoms with Crippen molar-refractivity contribution in [3.8, 4) is 0 Å². The van der Waals surface area contributed by atoms with Gasteiger partial charge in [0.05, 0.1) is 11.8 Å². The zero-order valence-electron chi connectivity index (χ0n) is 17.3. The lowest BCUT2D eigenvalue weighted by Crippen LogP contribution is -2.42. The third-order valence-electron chi connectivity index (χ3n) is 4.95. The molecule has 0 aromatic heterocycles. The van der Waals surface area contributed by atoms with Crippen LogP contribution in [-0.2, 0) is 10.0 Å². The predicted molar refractivity (Wildman–Crippen MR) is 112 cm³/mol. The van der Waals surface area contributed by atoms with E-state index in [1.165, 1.54) is 0 Å². The summed E-state index contributed by atoms with van der Waals surface area (Å²) in [7, 11) is -4.14. The molecule has 6 nitrogen and oxygen atoms in total. The fourth-order valence-corrected chi connectivity index (χ4v) is 5.04. The summed E-state index contributed by atoms with van der Waals surface area (Å²) >= 11 is 6.19. The molecule has 0 aliphatic carbocycles. The average Bonchev–Trinajstić information content (AvgIpc) is 3.02. The Balaban J connectivity index is 2.16. The van der Waals surface area contributed by atoms with Gasteiger partial charge < -0.3 is 5.32 Å². The van der Waals surface area contributed by atoms with Crippen LogP contribution in [0.2, 0.25) is 5.02 Å². The number of halogens is 4. The van der Waals surface area contributed by atoms with E-state index < -0.39 is 34.0 Å². The van der Waals surface area contributed by atoms with Crippen LogP contribution < -0.4 is 10.0 Å². The van der Waals surface area contributed by atoms with Crippen molar-refractivity contribution in [3.05, 3.63) is 28.3 Å². The number of nitrogens with zero attached hydrogens (tertiary/aromatic N) is 1. The van der Waals surface area contributed by atoms with Gasteiger partial charge in [0.25, 0.3) is 0 Å². The van der Waals surface area contributed by atoms with Crippen LogP contribution in [0.1, 0.15) is 57.1 Å². The van der Waals surface area contributed by atoms with Gasteiger partial charge in [0, 0.05) is 17.3 Å². The van der Waals surface area contributed by atoms with Crippen molar-refractivity contribution in [2.75, 3.05) is 25.0 Å². The molecule has 1 fully saturated rings. The molecule has 2 rings (SSSR count). The summed E-state index contributed by atoms with van der Waals surface area (Å²) in [5, 5.41) is 2.03. The molecule has 1 unspecified atom stereocenters. The van der Waals surface area contributed by atoms with Crippen molar-refractivity contribution >= 4 is 33.3 Å². The molecule has 1 heterocycles. The number of anilines is 1. The molecule has 11 heteroatoms. The van der Waals surface area contributed by atoms with Crippen molar-refractivity contribution in [1.29, 1.82) is 0 Å². The first-order valence-corrected chi connectivity index (χ1v) is 11.6. The lowest BCUT2D eigenvalue weighted by atomic mass is 9.92. The maximum Gasteiger partial charge on any atom is 0.401 e. The molecule has 2 N–H and O–H groups in total. The smallest absolute Gasteiger partial charge is 0.307 e. The van der Waals surface area contributed by atoms with Gasteiger partial charge in [-0.2, -0.15) is 13.2 Å². The fraction of sp³-hybridized carbons (Fsp3) is 0.632. The highest BCUT2D eigenvalue weighted by Gasteiger charge is 2.39. The Hall–Kier alpha value is -1.52. The molecule has 0 radical (unpaired) electrons. The van der Waals surface area contributed by atoms with E-state index in [0.29, 0.717) is 10.7 Å². The molecule has 1 atom stereocenters. The molecule has 1 saturated heterocycles. The number of amides is 2. The van der Waals surface area contributed by atoms with Crippen LogP contribution in [0.4, 0.5) is 23.7 Å². The summed E-state index contributed by atoms with van der Waals surface area (Å²) in [6, 6.07) is 2.48. The molecule has 0 bridgehead atoms. The van der Waals surface area contributed by atoms with Gasteiger partial charge >= 0.3 is 12.2 Å². The summed E-state index contributed by atoms with van der Waals surface area (Å²) < 4.78 is 64.6. The van der Waals surface area contributed by atoms with Gasteiger partial charge in [-0.25, -0.2) is 17.9 Å². The van der Waals surface area contributed by atoms with E-state index in [1.54, 1.807) is 12.1 Å². The van der Waals surface area contributed by atoms with E-state index in [0.717, 1.165) is 16.0 Å². The summed E-state index contributed by atoms with van der Waals surface area (Å²) in [6.45, 7) is 6.22. The second-order valence-electron chi connectivity index (χ2n) is 8.13. The maximum absolute atomic E-state index is 12.5. The zero-order chi connectivity index (χ0) is 22.9. The van der Waals surface area contributed by atoms with E-state index in [1.807, 2.05) is 32.4 Å². The molecule has 1 aromatic carbocycles. The van der Waals surface area contributed by atoms with Gasteiger partial charge in [0.2, 0.25) is 10.0 Å². The largest absolute Gasteiger partial charge is 0.401 e. The molecule has 1 aliphatic heterocycles. The highest BCUT2D eigenvalue weighted by molar-refractivity contribution is 7.90. The SMILES string of the molecule is CC(C)c1cc(Cl)cc(C(C)C)c1NC(=O)NS(=O)(=O)C1CCN(CC(F)(F)F)C1. The van der Waals surface area contributed by atoms with Crippen LogP contribution in [0.25, 0.3) is 0 Å². The van der Waals surface area contributed by atoms with Crippen LogP contribution in [0.5, 0.6) is 0 Å². The summed E-state index contributed by atoms with van der Waals surface area (Å²) in [4.78, 5) is 13.5. The van der Waals surface area contributed by atoms with Gasteiger partial charge in [-0.3, -0.25) is 4.90 Å². The van der Waals surface area contributed by atoms with Gasteiger partial charge in [-0.1, -0.05) is 39.3 Å². The number of rotatable bonds is 6. The first-order chi connectivity index (χ1) is 13.7. The van der Waals surface area contributed by atoms with E-state index in [9.17, 15) is 26.4 Å². The third-order valence-corrected chi connectivity index (χ3v) is 6.90. The fourth-order valence-electron chi connectivity index (χ4n) is 3.50. The third kappa shape index (κ3) is 6.49. The minimum Gasteiger partial charge on any atom is -0.307 e. The second kappa shape index (κ2) is 9.32. The molecule has 30 heavy (non-hydrogen) atoms. The van der Waals surface area contributed by atoms with Gasteiger partial charge in [0.1, 0.15) is 0 Å². The van der Waals surface area contributed by atoms with E-state index in [2.05, 4.69) is 5.32 Å². The standard InChI is InChI=1S/C19H27ClF3N3O3S/c1-11(2)15-7-13(20)8-16(12(3)4)17(15)24-18(27)25-30(28,29)14-5-6-26(9-14)10-19(21,22)23/h7-8,11-12,14H,5-6,9-10H2,1-4H3,(H2,24,25,27). The van der Waals surface area contributed by atoms with Gasteiger partial charge in [-0.15, -0.1) is 0 Å². The molecular formula is C19H27ClF3N3O3S. The molecule has 1 aromatic rings. The second-order valence-corrected chi connectivity index (χ2v) is 10.5. The quantitative estimate of drug-likeness (QED) is 0.634. The predicted octanol–water partition coefficient (Wildman–Crippen LogP) is 4.67. The van der Waals surface area contributed by atoms with Crippen LogP contribution in [0.3, 0.4) is 0 Å². The summed E-state index contributed by atoms with van der Waals surface area (Å²) in [5.41, 5.74) is 2.01. The van der Waals surface area contributed by atoms with E-state index in [4.69, 9.17) is 11.6 Å². The number of carbonyl (C=O) groups excluding carboxylic acids is 1. The van der Waals surface area contributed by atoms with Gasteiger partial charge in [0.15, 0.2) is 0 Å². The Morgan fingerprint density at radius 1 is 1.20 bits per heavy atom. The normalized spacial score (nSPS) is 18.3. The lowest BCUT2D eigenvalue weighted by Gasteiger charge is -2.22.